The highest BCUT2D eigenvalue weighted by atomic mass is 32.2. The molecule has 3 aliphatic heterocycles. The fraction of sp³-hybridized carbons (Fsp3) is 0.500. The Kier molecular flexibility index (Phi) is 27.2. The lowest BCUT2D eigenvalue weighted by molar-refractivity contribution is -0.143. The Morgan fingerprint density at radius 1 is 0.677 bits per heavy atom. The fourth-order valence-corrected chi connectivity index (χ4v) is 14.5. The second kappa shape index (κ2) is 35.1. The summed E-state index contributed by atoms with van der Waals surface area (Å²) in [7, 11) is -4.24. The number of para-hydroxylation sites is 1. The normalized spacial score (nSPS) is 17.4. The number of rotatable bonds is 34. The first kappa shape index (κ1) is 76.6. The van der Waals surface area contributed by atoms with Crippen LogP contribution >= 0.6 is 0 Å². The zero-order valence-corrected chi connectivity index (χ0v) is 58.5. The predicted octanol–water partition coefficient (Wildman–Crippen LogP) is 2.31. The van der Waals surface area contributed by atoms with E-state index in [1.807, 2.05) is 38.1 Å². The van der Waals surface area contributed by atoms with Gasteiger partial charge in [0, 0.05) is 81.6 Å². The molecular weight excluding hydrogens is 1290 g/mol. The molecule has 3 aromatic carbocycles. The van der Waals surface area contributed by atoms with Crippen molar-refractivity contribution in [2.45, 2.75) is 197 Å². The summed E-state index contributed by atoms with van der Waals surface area (Å²) in [4.78, 5) is 142. The van der Waals surface area contributed by atoms with E-state index in [0.29, 0.717) is 78.5 Å². The maximum atomic E-state index is 15.1. The summed E-state index contributed by atoms with van der Waals surface area (Å²) in [5.41, 5.74) is 21.4. The number of nitrogens with two attached hydrogens (primary N) is 3. The number of benzene rings is 3. The summed E-state index contributed by atoms with van der Waals surface area (Å²) >= 11 is 0. The van der Waals surface area contributed by atoms with Crippen molar-refractivity contribution in [3.63, 3.8) is 0 Å². The van der Waals surface area contributed by atoms with Crippen LogP contribution in [0.2, 0.25) is 0 Å². The molecule has 15 N–H and O–H groups in total. The van der Waals surface area contributed by atoms with Gasteiger partial charge in [-0.05, 0) is 146 Å². The number of ether oxygens (including phenoxy) is 1. The average Bonchev–Trinajstić information content (AvgIpc) is 1.67. The van der Waals surface area contributed by atoms with Crippen LogP contribution in [-0.2, 0) is 72.4 Å². The summed E-state index contributed by atoms with van der Waals surface area (Å²) in [5, 5.41) is 20.3. The smallest absolute Gasteiger partial charge is 0.264 e. The first-order valence-corrected chi connectivity index (χ1v) is 35.2. The van der Waals surface area contributed by atoms with Gasteiger partial charge in [0.1, 0.15) is 59.7 Å². The Morgan fingerprint density at radius 3 is 1.89 bits per heavy atom. The number of nitrogens with one attached hydrogen (secondary N) is 9. The molecule has 0 unspecified atom stereocenters. The van der Waals surface area contributed by atoms with Crippen LogP contribution in [0.4, 0.5) is 0 Å². The number of allylic oxidation sites excluding steroid dienone is 1. The van der Waals surface area contributed by atoms with Crippen molar-refractivity contribution in [1.29, 1.82) is 0 Å². The summed E-state index contributed by atoms with van der Waals surface area (Å²) in [6, 6.07) is 6.81. The van der Waals surface area contributed by atoms with E-state index < -0.39 is 123 Å². The van der Waals surface area contributed by atoms with Crippen LogP contribution in [-0.4, -0.2) is 175 Å². The lowest BCUT2D eigenvalue weighted by Crippen LogP contribution is -2.60. The second-order valence-corrected chi connectivity index (χ2v) is 27.7. The van der Waals surface area contributed by atoms with Gasteiger partial charge in [-0.2, -0.15) is 0 Å². The highest BCUT2D eigenvalue weighted by Gasteiger charge is 2.42. The van der Waals surface area contributed by atoms with E-state index in [1.54, 1.807) is 63.4 Å². The van der Waals surface area contributed by atoms with Crippen LogP contribution in [0.15, 0.2) is 101 Å². The average molecular weight is 1390 g/mol. The molecule has 0 radical (unpaired) electrons. The maximum absolute atomic E-state index is 15.1. The Bertz CT molecular complexity index is 3810. The van der Waals surface area contributed by atoms with Gasteiger partial charge in [0.2, 0.25) is 59.1 Å². The SMILES string of the molecule is C=CCCC[C@H](NC(=O)[C@H](Cc1c[nH]c2ccccc12)NC(=O)[C@H](CCCN=C(N)N)NC(C)=O)C(=O)N[C@@H](Cc1ccccc1)C(=O)N1CCC[C@H]1C(=O)N[C@@H](C)C(=O)N[C@@H](CCCN=C(N)NS(=O)(=O)c1c(C)c(C)c2c(c1C)CC(C)(C)O2)C(=O)N1CCC[C@H]1C(=O)NCC=C. The molecule has 0 aliphatic carbocycles. The highest BCUT2D eigenvalue weighted by molar-refractivity contribution is 7.90. The monoisotopic (exact) mass is 1390 g/mol. The molecule has 2 fully saturated rings. The summed E-state index contributed by atoms with van der Waals surface area (Å²) in [6.07, 6.45) is 8.13. The lowest BCUT2D eigenvalue weighted by Gasteiger charge is -2.31. The molecule has 1 aromatic heterocycles. The number of aliphatic imine (C=N–C) groups is 2. The quantitative estimate of drug-likeness (QED) is 0.0138. The maximum Gasteiger partial charge on any atom is 0.264 e. The fourth-order valence-electron chi connectivity index (χ4n) is 12.9. The molecule has 7 rings (SSSR count). The molecule has 0 bridgehead atoms. The molecule has 4 aromatic rings. The number of amides is 9. The van der Waals surface area contributed by atoms with E-state index in [4.69, 9.17) is 21.9 Å². The second-order valence-electron chi connectivity index (χ2n) is 26.1. The van der Waals surface area contributed by atoms with E-state index in [-0.39, 0.29) is 88.5 Å². The van der Waals surface area contributed by atoms with Crippen molar-refractivity contribution in [3.8, 4) is 5.75 Å². The van der Waals surface area contributed by atoms with Crippen molar-refractivity contribution in [2.24, 2.45) is 27.2 Å². The summed E-state index contributed by atoms with van der Waals surface area (Å²) in [6.45, 7) is 19.8. The largest absolute Gasteiger partial charge is 0.487 e. The van der Waals surface area contributed by atoms with Crippen LogP contribution in [0, 0.1) is 20.8 Å². The molecule has 9 amide bonds. The van der Waals surface area contributed by atoms with Crippen molar-refractivity contribution in [1.82, 2.24) is 56.7 Å². The van der Waals surface area contributed by atoms with Gasteiger partial charge in [-0.15, -0.1) is 13.2 Å². The third kappa shape index (κ3) is 20.6. The van der Waals surface area contributed by atoms with Gasteiger partial charge in [-0.25, -0.2) is 13.1 Å². The van der Waals surface area contributed by atoms with Crippen molar-refractivity contribution >= 4 is 86.0 Å². The first-order valence-electron chi connectivity index (χ1n) is 33.7. The van der Waals surface area contributed by atoms with Crippen LogP contribution in [0.1, 0.15) is 132 Å². The number of nitrogens with zero attached hydrogens (tertiary/aromatic N) is 4. The predicted molar refractivity (Wildman–Crippen MR) is 377 cm³/mol. The number of hydrogen-bond acceptors (Lipinski definition) is 14. The first-order chi connectivity index (χ1) is 47.0. The number of sulfonamides is 1. The summed E-state index contributed by atoms with van der Waals surface area (Å²) < 4.78 is 36.5. The third-order valence-corrected chi connectivity index (χ3v) is 19.6. The molecule has 0 spiro atoms. The molecule has 28 nitrogen and oxygen atoms in total. The number of unbranched alkanes of at least 4 members (excludes halogenated alkanes) is 1. The van der Waals surface area contributed by atoms with Gasteiger partial charge in [0.05, 0.1) is 4.90 Å². The van der Waals surface area contributed by atoms with E-state index in [0.717, 1.165) is 16.5 Å². The number of guanidine groups is 2. The van der Waals surface area contributed by atoms with Crippen LogP contribution in [0.3, 0.4) is 0 Å². The molecule has 2 saturated heterocycles. The summed E-state index contributed by atoms with van der Waals surface area (Å²) in [5.74, 6) is -5.55. The van der Waals surface area contributed by atoms with Crippen molar-refractivity contribution < 1.29 is 56.3 Å². The molecule has 0 saturated carbocycles. The standard InChI is InChI=1S/C70H98N16O12S/c1-10-12-14-27-52(80-63(91)54(38-47-40-77-50-26-18-17-25-48(47)50)82-61(89)51(79-45(7)87)28-19-33-75-68(71)72)62(90)83-55(37-46-23-15-13-16-24-46)67(95)86-36-22-31-57(86)65(93)78-44(6)60(88)81-53(66(94)85-35-21-30-56(85)64(92)74-32-11-2)29-20-34-76-69(73)84-99(96,97)59-42(4)41(3)58-49(43(59)5)39-70(8,9)98-58/h10-11,13,15-18,23-26,40,44,51-57,77H,1-2,12,14,19-22,27-39H2,3-9H3,(H,74,92)(H,78,93)(H,79,87)(H,80,91)(H,81,88)(H,82,89)(H,83,90)(H4,71,72,75)(H3,73,76,84)/t44-,51-,52-,53-,54-,55-,56-,57-/m0/s1. The zero-order chi connectivity index (χ0) is 72.3. The Labute approximate surface area is 578 Å². The number of aromatic nitrogens is 1. The Balaban J connectivity index is 1.07. The minimum Gasteiger partial charge on any atom is -0.487 e. The topological polar surface area (TPSA) is 418 Å². The molecule has 29 heteroatoms. The molecule has 8 atom stereocenters. The van der Waals surface area contributed by atoms with Crippen LogP contribution < -0.4 is 63.9 Å². The molecular formula is C70H98N16O12S. The number of fused-ring (bicyclic) bond motifs is 2. The third-order valence-electron chi connectivity index (χ3n) is 18.0. The molecule has 4 heterocycles. The van der Waals surface area contributed by atoms with Crippen molar-refractivity contribution in [3.05, 3.63) is 119 Å². The van der Waals surface area contributed by atoms with Gasteiger partial charge in [-0.3, -0.25) is 53.1 Å². The number of hydrogen-bond donors (Lipinski definition) is 12. The van der Waals surface area contributed by atoms with Gasteiger partial charge < -0.3 is 73.9 Å². The molecule has 536 valence electrons. The van der Waals surface area contributed by atoms with E-state index >= 15 is 4.79 Å². The van der Waals surface area contributed by atoms with E-state index in [2.05, 4.69) is 70.1 Å². The van der Waals surface area contributed by atoms with E-state index in [9.17, 15) is 46.8 Å². The van der Waals surface area contributed by atoms with Gasteiger partial charge in [0.25, 0.3) is 10.0 Å². The van der Waals surface area contributed by atoms with Crippen molar-refractivity contribution in [2.75, 3.05) is 32.7 Å². The zero-order valence-electron chi connectivity index (χ0n) is 57.7. The number of likely N-dealkylation sites (tertiary alicyclic amines) is 2. The lowest BCUT2D eigenvalue weighted by atomic mass is 9.94. The Hall–Kier alpha value is -9.80. The van der Waals surface area contributed by atoms with Crippen LogP contribution in [0.25, 0.3) is 10.9 Å². The van der Waals surface area contributed by atoms with Gasteiger partial charge in [0.15, 0.2) is 5.96 Å². The highest BCUT2D eigenvalue weighted by Crippen LogP contribution is 2.44. The number of aromatic amines is 1. The number of carbonyl (C=O) groups excluding carboxylic acids is 9. The van der Waals surface area contributed by atoms with Gasteiger partial charge in [-0.1, -0.05) is 60.7 Å². The minimum absolute atomic E-state index is 0.0325. The van der Waals surface area contributed by atoms with Gasteiger partial charge >= 0.3 is 0 Å². The number of H-pyrrole nitrogens is 1. The van der Waals surface area contributed by atoms with Crippen LogP contribution in [0.5, 0.6) is 5.75 Å². The molecule has 99 heavy (non-hydrogen) atoms. The molecule has 3 aliphatic rings. The Morgan fingerprint density at radius 2 is 1.24 bits per heavy atom. The minimum atomic E-state index is -4.24. The number of carbonyl (C=O) groups is 9. The van der Waals surface area contributed by atoms with E-state index in [1.165, 1.54) is 29.7 Å².